The lowest BCUT2D eigenvalue weighted by molar-refractivity contribution is 0.0411. The Morgan fingerprint density at radius 2 is 1.22 bits per heavy atom. The summed E-state index contributed by atoms with van der Waals surface area (Å²) in [6.07, 6.45) is 10.9. The van der Waals surface area contributed by atoms with E-state index in [1.54, 1.807) is 0 Å². The summed E-state index contributed by atoms with van der Waals surface area (Å²) in [5.74, 6) is 0.683. The van der Waals surface area contributed by atoms with Gasteiger partial charge in [-0.2, -0.15) is 0 Å². The Labute approximate surface area is 221 Å². The first-order chi connectivity index (χ1) is 17.2. The molecule has 0 saturated carbocycles. The van der Waals surface area contributed by atoms with Gasteiger partial charge >= 0.3 is 11.9 Å². The van der Waals surface area contributed by atoms with Crippen molar-refractivity contribution in [3.63, 3.8) is 0 Å². The number of benzene rings is 1. The van der Waals surface area contributed by atoms with E-state index in [1.165, 1.54) is 31.2 Å². The summed E-state index contributed by atoms with van der Waals surface area (Å²) in [6, 6.07) is 3.90. The van der Waals surface area contributed by atoms with Crippen LogP contribution < -0.4 is 0 Å². The van der Waals surface area contributed by atoms with E-state index in [4.69, 9.17) is 9.47 Å². The van der Waals surface area contributed by atoms with Gasteiger partial charge in [-0.1, -0.05) is 113 Å². The van der Waals surface area contributed by atoms with Crippen molar-refractivity contribution in [3.05, 3.63) is 34.4 Å². The smallest absolute Gasteiger partial charge is 0.339 e. The molecule has 0 fully saturated rings. The van der Waals surface area contributed by atoms with Crippen LogP contribution >= 0.6 is 0 Å². The van der Waals surface area contributed by atoms with Crippen LogP contribution in [0.1, 0.15) is 139 Å². The van der Waals surface area contributed by atoms with Gasteiger partial charge in [-0.15, -0.1) is 0 Å². The van der Waals surface area contributed by atoms with Gasteiger partial charge in [-0.3, -0.25) is 0 Å². The summed E-state index contributed by atoms with van der Waals surface area (Å²) in [4.78, 5) is 26.8. The van der Waals surface area contributed by atoms with E-state index in [0.717, 1.165) is 44.1 Å². The summed E-state index contributed by atoms with van der Waals surface area (Å²) in [5, 5.41) is 0. The van der Waals surface area contributed by atoms with Gasteiger partial charge in [0.2, 0.25) is 0 Å². The monoisotopic (exact) mass is 502 g/mol. The highest BCUT2D eigenvalue weighted by Gasteiger charge is 2.28. The quantitative estimate of drug-likeness (QED) is 0.188. The Bertz CT molecular complexity index is 781. The van der Waals surface area contributed by atoms with Crippen LogP contribution in [0.25, 0.3) is 0 Å². The molecule has 2 unspecified atom stereocenters. The normalized spacial score (nSPS) is 13.2. The SMILES string of the molecule is CCCCC(CC)Cc1ccc(C(=O)OCC(C)C)c(C(=O)OCC(C)C)c1CC(CC)CCCC. The fraction of sp³-hybridized carbons (Fsp3) is 0.750. The standard InChI is InChI=1S/C32H54O4/c1-9-13-15-25(11-3)19-27-17-18-28(31(33)35-21-23(5)6)30(32(34)36-22-24(7)8)29(27)20-26(12-4)16-14-10-2/h17-18,23-26H,9-16,19-22H2,1-8H3. The zero-order chi connectivity index (χ0) is 27.1. The van der Waals surface area contributed by atoms with Gasteiger partial charge in [0.1, 0.15) is 0 Å². The van der Waals surface area contributed by atoms with E-state index in [-0.39, 0.29) is 17.8 Å². The Morgan fingerprint density at radius 1 is 0.722 bits per heavy atom. The maximum absolute atomic E-state index is 13.6. The second-order valence-electron chi connectivity index (χ2n) is 11.4. The van der Waals surface area contributed by atoms with E-state index < -0.39 is 5.97 Å². The van der Waals surface area contributed by atoms with Crippen molar-refractivity contribution in [2.24, 2.45) is 23.7 Å². The van der Waals surface area contributed by atoms with Crippen LogP contribution in [0.15, 0.2) is 12.1 Å². The highest BCUT2D eigenvalue weighted by atomic mass is 16.5. The summed E-state index contributed by atoms with van der Waals surface area (Å²) in [7, 11) is 0. The maximum atomic E-state index is 13.6. The first kappa shape index (κ1) is 32.2. The molecule has 1 aromatic carbocycles. The van der Waals surface area contributed by atoms with Gasteiger partial charge in [-0.05, 0) is 53.7 Å². The number of hydrogen-bond acceptors (Lipinski definition) is 4. The van der Waals surface area contributed by atoms with E-state index in [0.29, 0.717) is 36.2 Å². The number of unbranched alkanes of at least 4 members (excludes halogenated alkanes) is 2. The van der Waals surface area contributed by atoms with Crippen LogP contribution in [-0.4, -0.2) is 25.2 Å². The molecule has 0 spiro atoms. The Balaban J connectivity index is 3.62. The molecule has 0 saturated heterocycles. The van der Waals surface area contributed by atoms with Gasteiger partial charge < -0.3 is 9.47 Å². The van der Waals surface area contributed by atoms with E-state index >= 15 is 0 Å². The van der Waals surface area contributed by atoms with Crippen molar-refractivity contribution in [1.29, 1.82) is 0 Å². The third-order valence-electron chi connectivity index (χ3n) is 7.02. The van der Waals surface area contributed by atoms with Crippen molar-refractivity contribution in [1.82, 2.24) is 0 Å². The molecule has 0 radical (unpaired) electrons. The molecule has 4 heteroatoms. The molecule has 0 bridgehead atoms. The second-order valence-corrected chi connectivity index (χ2v) is 11.4. The molecular weight excluding hydrogens is 448 g/mol. The lowest BCUT2D eigenvalue weighted by Gasteiger charge is -2.24. The topological polar surface area (TPSA) is 52.6 Å². The number of ether oxygens (including phenoxy) is 2. The molecule has 0 N–H and O–H groups in total. The zero-order valence-corrected chi connectivity index (χ0v) is 24.6. The first-order valence-corrected chi connectivity index (χ1v) is 14.7. The molecule has 2 atom stereocenters. The second kappa shape index (κ2) is 17.6. The average Bonchev–Trinajstić information content (AvgIpc) is 2.86. The van der Waals surface area contributed by atoms with Crippen molar-refractivity contribution in [2.75, 3.05) is 13.2 Å². The van der Waals surface area contributed by atoms with Crippen molar-refractivity contribution in [3.8, 4) is 0 Å². The van der Waals surface area contributed by atoms with Gasteiger partial charge in [0.05, 0.1) is 24.3 Å². The third kappa shape index (κ3) is 11.0. The van der Waals surface area contributed by atoms with Crippen LogP contribution in [0, 0.1) is 23.7 Å². The van der Waals surface area contributed by atoms with E-state index in [2.05, 4.69) is 33.8 Å². The lowest BCUT2D eigenvalue weighted by Crippen LogP contribution is -2.22. The summed E-state index contributed by atoms with van der Waals surface area (Å²) in [6.45, 7) is 17.7. The molecule has 0 aliphatic carbocycles. The molecular formula is C32H54O4. The van der Waals surface area contributed by atoms with E-state index in [1.807, 2.05) is 33.8 Å². The largest absolute Gasteiger partial charge is 0.462 e. The van der Waals surface area contributed by atoms with Crippen LogP contribution in [0.2, 0.25) is 0 Å². The van der Waals surface area contributed by atoms with Gasteiger partial charge in [-0.25, -0.2) is 9.59 Å². The molecule has 0 aliphatic rings. The highest BCUT2D eigenvalue weighted by Crippen LogP contribution is 2.31. The average molecular weight is 503 g/mol. The minimum absolute atomic E-state index is 0.225. The summed E-state index contributed by atoms with van der Waals surface area (Å²) < 4.78 is 11.4. The first-order valence-electron chi connectivity index (χ1n) is 14.7. The van der Waals surface area contributed by atoms with Crippen LogP contribution in [0.5, 0.6) is 0 Å². The Hall–Kier alpha value is -1.84. The van der Waals surface area contributed by atoms with Gasteiger partial charge in [0, 0.05) is 0 Å². The highest BCUT2D eigenvalue weighted by molar-refractivity contribution is 6.04. The van der Waals surface area contributed by atoms with Crippen LogP contribution in [-0.2, 0) is 22.3 Å². The lowest BCUT2D eigenvalue weighted by atomic mass is 9.82. The molecule has 0 heterocycles. The van der Waals surface area contributed by atoms with Crippen molar-refractivity contribution < 1.29 is 19.1 Å². The molecule has 206 valence electrons. The minimum atomic E-state index is -0.423. The predicted molar refractivity (Wildman–Crippen MR) is 151 cm³/mol. The van der Waals surface area contributed by atoms with Crippen LogP contribution in [0.3, 0.4) is 0 Å². The number of carbonyl (C=O) groups is 2. The minimum Gasteiger partial charge on any atom is -0.462 e. The Morgan fingerprint density at radius 3 is 1.69 bits per heavy atom. The summed E-state index contributed by atoms with van der Waals surface area (Å²) >= 11 is 0. The Kier molecular flexibility index (Phi) is 15.7. The number of esters is 2. The number of rotatable bonds is 18. The van der Waals surface area contributed by atoms with Gasteiger partial charge in [0.25, 0.3) is 0 Å². The van der Waals surface area contributed by atoms with Crippen molar-refractivity contribution in [2.45, 2.75) is 120 Å². The molecule has 4 nitrogen and oxygen atoms in total. The molecule has 36 heavy (non-hydrogen) atoms. The molecule has 0 aromatic heterocycles. The fourth-order valence-electron chi connectivity index (χ4n) is 4.64. The predicted octanol–water partition coefficient (Wildman–Crippen LogP) is 8.83. The van der Waals surface area contributed by atoms with Crippen LogP contribution in [0.4, 0.5) is 0 Å². The molecule has 0 aliphatic heterocycles. The zero-order valence-electron chi connectivity index (χ0n) is 24.6. The number of hydrogen-bond donors (Lipinski definition) is 0. The molecule has 1 aromatic rings. The molecule has 1 rings (SSSR count). The van der Waals surface area contributed by atoms with Gasteiger partial charge in [0.15, 0.2) is 0 Å². The van der Waals surface area contributed by atoms with Crippen molar-refractivity contribution >= 4 is 11.9 Å². The third-order valence-corrected chi connectivity index (χ3v) is 7.02. The maximum Gasteiger partial charge on any atom is 0.339 e. The van der Waals surface area contributed by atoms with E-state index in [9.17, 15) is 9.59 Å². The fourth-order valence-corrected chi connectivity index (χ4v) is 4.64. The number of carbonyl (C=O) groups excluding carboxylic acids is 2. The molecule has 0 amide bonds. The summed E-state index contributed by atoms with van der Waals surface area (Å²) in [5.41, 5.74) is 3.02.